The molecule has 0 radical (unpaired) electrons. The zero-order chi connectivity index (χ0) is 31.2. The fourth-order valence-corrected chi connectivity index (χ4v) is 6.52. The Morgan fingerprint density at radius 3 is 2.04 bits per heavy atom. The lowest BCUT2D eigenvalue weighted by Gasteiger charge is -2.33. The van der Waals surface area contributed by atoms with Gasteiger partial charge in [0.05, 0.1) is 33.0 Å². The molecule has 0 atom stereocenters. The molecule has 2 saturated heterocycles. The molecule has 0 saturated carbocycles. The lowest BCUT2D eigenvalue weighted by molar-refractivity contribution is 0.210. The normalized spacial score (nSPS) is 16.1. The zero-order valence-electron chi connectivity index (χ0n) is 27.1. The number of aromatic nitrogens is 3. The predicted octanol–water partition coefficient (Wildman–Crippen LogP) is 6.30. The first-order valence-electron chi connectivity index (χ1n) is 16.3. The molecule has 4 heterocycles. The van der Waals surface area contributed by atoms with Crippen molar-refractivity contribution >= 4 is 22.7 Å². The van der Waals surface area contributed by atoms with E-state index < -0.39 is 0 Å². The standard InChI is InChI=1S/C35H46N6O4/c1-5-44-31-20-25(21-32(45-6-2)33(31)40-14-10-11-15-40)24-39-18-12-26(13-19-39)36-35-37-28-23-30(43-4)29(42-3)22-27(28)34(38-35)41-16-8-7-9-17-41/h10-11,14-15,20-23,26H,5-9,12-13,16-19,24H2,1-4H3,(H,36,37,38). The fourth-order valence-electron chi connectivity index (χ4n) is 6.52. The lowest BCUT2D eigenvalue weighted by atomic mass is 10.0. The molecule has 0 unspecified atom stereocenters. The molecule has 2 aliphatic heterocycles. The highest BCUT2D eigenvalue weighted by molar-refractivity contribution is 5.93. The Hall–Kier alpha value is -4.18. The Morgan fingerprint density at radius 2 is 1.42 bits per heavy atom. The Kier molecular flexibility index (Phi) is 9.78. The molecule has 10 heteroatoms. The first kappa shape index (κ1) is 30.8. The Bertz CT molecular complexity index is 1540. The topological polar surface area (TPSA) is 86.1 Å². The smallest absolute Gasteiger partial charge is 0.225 e. The summed E-state index contributed by atoms with van der Waals surface area (Å²) in [6.07, 6.45) is 9.67. The van der Waals surface area contributed by atoms with E-state index in [-0.39, 0.29) is 0 Å². The molecule has 0 amide bonds. The summed E-state index contributed by atoms with van der Waals surface area (Å²) in [5.41, 5.74) is 3.00. The molecule has 0 bridgehead atoms. The number of likely N-dealkylation sites (tertiary alicyclic amines) is 1. The number of benzene rings is 2. The Balaban J connectivity index is 1.17. The summed E-state index contributed by atoms with van der Waals surface area (Å²) in [5.74, 6) is 4.71. The van der Waals surface area contributed by atoms with E-state index in [1.165, 1.54) is 24.8 Å². The summed E-state index contributed by atoms with van der Waals surface area (Å²) in [4.78, 5) is 14.9. The second kappa shape index (κ2) is 14.3. The largest absolute Gasteiger partial charge is 0.493 e. The minimum Gasteiger partial charge on any atom is -0.493 e. The SMILES string of the molecule is CCOc1cc(CN2CCC(Nc3nc(N4CCCCC4)c4cc(OC)c(OC)cc4n3)CC2)cc(OCC)c1-n1cccc1. The molecular weight excluding hydrogens is 568 g/mol. The minimum absolute atomic E-state index is 0.294. The number of nitrogens with one attached hydrogen (secondary N) is 1. The highest BCUT2D eigenvalue weighted by Gasteiger charge is 2.24. The molecule has 1 N–H and O–H groups in total. The van der Waals surface area contributed by atoms with Crippen LogP contribution in [-0.4, -0.2) is 79.1 Å². The Labute approximate surface area is 266 Å². The van der Waals surface area contributed by atoms with Gasteiger partial charge in [0.1, 0.15) is 23.0 Å². The maximum atomic E-state index is 6.11. The van der Waals surface area contributed by atoms with Crippen LogP contribution in [0.5, 0.6) is 23.0 Å². The van der Waals surface area contributed by atoms with E-state index in [2.05, 4.69) is 31.8 Å². The molecule has 2 aliphatic rings. The van der Waals surface area contributed by atoms with Gasteiger partial charge in [-0.25, -0.2) is 4.98 Å². The molecule has 10 nitrogen and oxygen atoms in total. The molecule has 2 aromatic carbocycles. The van der Waals surface area contributed by atoms with Crippen molar-refractivity contribution in [3.63, 3.8) is 0 Å². The van der Waals surface area contributed by atoms with Crippen molar-refractivity contribution in [3.8, 4) is 28.7 Å². The van der Waals surface area contributed by atoms with Crippen molar-refractivity contribution < 1.29 is 18.9 Å². The molecule has 240 valence electrons. The van der Waals surface area contributed by atoms with Crippen LogP contribution in [0.4, 0.5) is 11.8 Å². The molecule has 0 aliphatic carbocycles. The highest BCUT2D eigenvalue weighted by Crippen LogP contribution is 2.38. The van der Waals surface area contributed by atoms with E-state index in [0.29, 0.717) is 36.7 Å². The van der Waals surface area contributed by atoms with E-state index in [0.717, 1.165) is 79.5 Å². The summed E-state index contributed by atoms with van der Waals surface area (Å²) in [7, 11) is 3.33. The van der Waals surface area contributed by atoms with Crippen molar-refractivity contribution in [2.75, 3.05) is 63.8 Å². The first-order chi connectivity index (χ1) is 22.1. The van der Waals surface area contributed by atoms with Gasteiger partial charge >= 0.3 is 0 Å². The van der Waals surface area contributed by atoms with Gasteiger partial charge in [0, 0.05) is 62.6 Å². The summed E-state index contributed by atoms with van der Waals surface area (Å²) in [6, 6.07) is 12.6. The van der Waals surface area contributed by atoms with E-state index in [4.69, 9.17) is 28.9 Å². The fraction of sp³-hybridized carbons (Fsp3) is 0.486. The van der Waals surface area contributed by atoms with Crippen molar-refractivity contribution in [1.29, 1.82) is 0 Å². The van der Waals surface area contributed by atoms with Crippen LogP contribution in [0.15, 0.2) is 48.8 Å². The summed E-state index contributed by atoms with van der Waals surface area (Å²) in [6.45, 7) is 10.0. The van der Waals surface area contributed by atoms with Gasteiger partial charge in [-0.15, -0.1) is 0 Å². The number of ether oxygens (including phenoxy) is 4. The van der Waals surface area contributed by atoms with Crippen molar-refractivity contribution in [2.45, 2.75) is 58.5 Å². The molecule has 2 fully saturated rings. The van der Waals surface area contributed by atoms with Gasteiger partial charge in [0.15, 0.2) is 11.5 Å². The molecular formula is C35H46N6O4. The second-order valence-electron chi connectivity index (χ2n) is 11.7. The third-order valence-corrected chi connectivity index (χ3v) is 8.73. The minimum atomic E-state index is 0.294. The number of rotatable bonds is 12. The van der Waals surface area contributed by atoms with E-state index >= 15 is 0 Å². The first-order valence-corrected chi connectivity index (χ1v) is 16.3. The van der Waals surface area contributed by atoms with Crippen LogP contribution in [-0.2, 0) is 6.54 Å². The average Bonchev–Trinajstić information content (AvgIpc) is 3.60. The highest BCUT2D eigenvalue weighted by atomic mass is 16.5. The van der Waals surface area contributed by atoms with Crippen molar-refractivity contribution in [2.24, 2.45) is 0 Å². The molecule has 45 heavy (non-hydrogen) atoms. The van der Waals surface area contributed by atoms with Crippen LogP contribution in [0, 0.1) is 0 Å². The zero-order valence-corrected chi connectivity index (χ0v) is 27.1. The van der Waals surface area contributed by atoms with Gasteiger partial charge in [-0.1, -0.05) is 0 Å². The monoisotopic (exact) mass is 614 g/mol. The summed E-state index contributed by atoms with van der Waals surface area (Å²) >= 11 is 0. The summed E-state index contributed by atoms with van der Waals surface area (Å²) < 4.78 is 25.5. The van der Waals surface area contributed by atoms with Gasteiger partial charge < -0.3 is 33.7 Å². The van der Waals surface area contributed by atoms with Gasteiger partial charge in [0.2, 0.25) is 5.95 Å². The van der Waals surface area contributed by atoms with E-state index in [1.54, 1.807) is 14.2 Å². The van der Waals surface area contributed by atoms with Crippen LogP contribution < -0.4 is 29.2 Å². The molecule has 0 spiro atoms. The number of fused-ring (bicyclic) bond motifs is 1. The maximum absolute atomic E-state index is 6.11. The number of hydrogen-bond acceptors (Lipinski definition) is 9. The Morgan fingerprint density at radius 1 is 0.778 bits per heavy atom. The van der Waals surface area contributed by atoms with Gasteiger partial charge in [0.25, 0.3) is 0 Å². The van der Waals surface area contributed by atoms with E-state index in [1.807, 2.05) is 50.5 Å². The third kappa shape index (κ3) is 6.91. The maximum Gasteiger partial charge on any atom is 0.225 e. The van der Waals surface area contributed by atoms with Gasteiger partial charge in [-0.05, 0) is 81.8 Å². The summed E-state index contributed by atoms with van der Waals surface area (Å²) in [5, 5.41) is 4.68. The number of anilines is 2. The quantitative estimate of drug-likeness (QED) is 0.198. The predicted molar refractivity (Wildman–Crippen MR) is 179 cm³/mol. The third-order valence-electron chi connectivity index (χ3n) is 8.73. The number of hydrogen-bond donors (Lipinski definition) is 1. The van der Waals surface area contributed by atoms with Crippen LogP contribution in [0.2, 0.25) is 0 Å². The lowest BCUT2D eigenvalue weighted by Crippen LogP contribution is -2.39. The second-order valence-corrected chi connectivity index (χ2v) is 11.7. The van der Waals surface area contributed by atoms with E-state index in [9.17, 15) is 0 Å². The van der Waals surface area contributed by atoms with Crippen LogP contribution in [0.3, 0.4) is 0 Å². The van der Waals surface area contributed by atoms with Crippen LogP contribution in [0.25, 0.3) is 16.6 Å². The number of piperidine rings is 2. The van der Waals surface area contributed by atoms with Crippen molar-refractivity contribution in [3.05, 3.63) is 54.4 Å². The molecule has 2 aromatic heterocycles. The van der Waals surface area contributed by atoms with Crippen LogP contribution in [0.1, 0.15) is 51.5 Å². The van der Waals surface area contributed by atoms with Crippen molar-refractivity contribution in [1.82, 2.24) is 19.4 Å². The molecule has 6 rings (SSSR count). The van der Waals surface area contributed by atoms with Gasteiger partial charge in [-0.3, -0.25) is 4.90 Å². The number of nitrogens with zero attached hydrogens (tertiary/aromatic N) is 5. The van der Waals surface area contributed by atoms with Gasteiger partial charge in [-0.2, -0.15) is 4.98 Å². The number of methoxy groups -OCH3 is 2. The van der Waals surface area contributed by atoms with Crippen LogP contribution >= 0.6 is 0 Å². The molecule has 4 aromatic rings. The average molecular weight is 615 g/mol.